The maximum absolute atomic E-state index is 10.5. The highest BCUT2D eigenvalue weighted by Gasteiger charge is 1.99. The number of ether oxygens (including phenoxy) is 1. The molecule has 0 fully saturated rings. The van der Waals surface area contributed by atoms with Gasteiger partial charge in [0.15, 0.2) is 0 Å². The van der Waals surface area contributed by atoms with E-state index in [1.54, 1.807) is 0 Å². The monoisotopic (exact) mass is 197 g/mol. The van der Waals surface area contributed by atoms with Crippen LogP contribution < -0.4 is 5.90 Å². The molecule has 1 rings (SSSR count). The van der Waals surface area contributed by atoms with Crippen molar-refractivity contribution in [2.75, 3.05) is 0 Å². The molecule has 0 aromatic carbocycles. The summed E-state index contributed by atoms with van der Waals surface area (Å²) in [6.45, 7) is 1.68. The summed E-state index contributed by atoms with van der Waals surface area (Å²) in [5.41, 5.74) is 1.21. The Balaban J connectivity index is 2.50. The van der Waals surface area contributed by atoms with Crippen LogP contribution >= 0.6 is 0 Å². The second-order valence-corrected chi connectivity index (χ2v) is 2.59. The highest BCUT2D eigenvalue weighted by atomic mass is 16.6. The van der Waals surface area contributed by atoms with Gasteiger partial charge in [0.1, 0.15) is 13.2 Å². The van der Waals surface area contributed by atoms with E-state index in [1.807, 2.05) is 0 Å². The van der Waals surface area contributed by atoms with Crippen molar-refractivity contribution in [1.82, 2.24) is 9.97 Å². The Kier molecular flexibility index (Phi) is 3.96. The molecular weight excluding hydrogens is 186 g/mol. The molecule has 1 heterocycles. The lowest BCUT2D eigenvalue weighted by atomic mass is 10.4. The van der Waals surface area contributed by atoms with Gasteiger partial charge in [-0.25, -0.2) is 5.90 Å². The molecule has 0 amide bonds. The Labute approximate surface area is 81.0 Å². The number of hydrogen-bond donors (Lipinski definition) is 1. The lowest BCUT2D eigenvalue weighted by molar-refractivity contribution is -0.142. The predicted molar refractivity (Wildman–Crippen MR) is 46.5 cm³/mol. The summed E-state index contributed by atoms with van der Waals surface area (Å²) in [4.78, 5) is 22.8. The van der Waals surface area contributed by atoms with Crippen molar-refractivity contribution < 1.29 is 14.4 Å². The van der Waals surface area contributed by atoms with E-state index in [9.17, 15) is 4.79 Å². The molecule has 0 aliphatic heterocycles. The van der Waals surface area contributed by atoms with Gasteiger partial charge in [0.2, 0.25) is 0 Å². The lowest BCUT2D eigenvalue weighted by Gasteiger charge is -2.01. The minimum absolute atomic E-state index is 0.131. The van der Waals surface area contributed by atoms with Gasteiger partial charge in [0.25, 0.3) is 0 Å². The fraction of sp³-hybridized carbons (Fsp3) is 0.375. The van der Waals surface area contributed by atoms with Gasteiger partial charge in [0.05, 0.1) is 23.8 Å². The molecule has 76 valence electrons. The van der Waals surface area contributed by atoms with Crippen LogP contribution in [0.2, 0.25) is 0 Å². The fourth-order valence-corrected chi connectivity index (χ4v) is 0.792. The van der Waals surface area contributed by atoms with Gasteiger partial charge >= 0.3 is 5.97 Å². The van der Waals surface area contributed by atoms with Gasteiger partial charge in [0, 0.05) is 6.92 Å². The molecule has 6 nitrogen and oxygen atoms in total. The van der Waals surface area contributed by atoms with Crippen LogP contribution in [0, 0.1) is 0 Å². The molecule has 0 radical (unpaired) electrons. The Morgan fingerprint density at radius 3 is 2.36 bits per heavy atom. The third-order valence-corrected chi connectivity index (χ3v) is 1.41. The van der Waals surface area contributed by atoms with Crippen LogP contribution in [0.15, 0.2) is 12.4 Å². The Hall–Kier alpha value is -1.53. The number of rotatable bonds is 4. The molecule has 0 saturated carbocycles. The van der Waals surface area contributed by atoms with Crippen LogP contribution in [0.3, 0.4) is 0 Å². The first kappa shape index (κ1) is 10.6. The number of hydrogen-bond acceptors (Lipinski definition) is 6. The highest BCUT2D eigenvalue weighted by Crippen LogP contribution is 1.98. The third kappa shape index (κ3) is 3.46. The summed E-state index contributed by atoms with van der Waals surface area (Å²) < 4.78 is 4.73. The first-order valence-electron chi connectivity index (χ1n) is 3.97. The van der Waals surface area contributed by atoms with Gasteiger partial charge in [-0.15, -0.1) is 0 Å². The molecule has 2 N–H and O–H groups in total. The summed E-state index contributed by atoms with van der Waals surface area (Å²) in [6.07, 6.45) is 3.03. The van der Waals surface area contributed by atoms with E-state index in [4.69, 9.17) is 10.6 Å². The van der Waals surface area contributed by atoms with E-state index in [1.165, 1.54) is 19.3 Å². The van der Waals surface area contributed by atoms with Crippen LogP contribution in [0.25, 0.3) is 0 Å². The SMILES string of the molecule is CC(=O)OCc1cnc(CON)cn1. The average Bonchev–Trinajstić information content (AvgIpc) is 2.17. The minimum atomic E-state index is -0.346. The normalized spacial score (nSPS) is 9.86. The molecule has 0 aliphatic carbocycles. The summed E-state index contributed by atoms with van der Waals surface area (Å²) in [6, 6.07) is 0. The molecule has 14 heavy (non-hydrogen) atoms. The zero-order valence-electron chi connectivity index (χ0n) is 7.77. The van der Waals surface area contributed by atoms with Crippen LogP contribution in [-0.4, -0.2) is 15.9 Å². The summed E-state index contributed by atoms with van der Waals surface area (Å²) >= 11 is 0. The second-order valence-electron chi connectivity index (χ2n) is 2.59. The van der Waals surface area contributed by atoms with E-state index in [0.29, 0.717) is 11.4 Å². The third-order valence-electron chi connectivity index (χ3n) is 1.41. The first-order valence-corrected chi connectivity index (χ1v) is 3.97. The van der Waals surface area contributed by atoms with E-state index in [2.05, 4.69) is 14.8 Å². The van der Waals surface area contributed by atoms with E-state index < -0.39 is 0 Å². The van der Waals surface area contributed by atoms with Crippen LogP contribution in [-0.2, 0) is 27.6 Å². The topological polar surface area (TPSA) is 87.3 Å². The Bertz CT molecular complexity index is 299. The molecule has 0 atom stereocenters. The Morgan fingerprint density at radius 2 is 1.93 bits per heavy atom. The number of esters is 1. The zero-order valence-corrected chi connectivity index (χ0v) is 7.77. The van der Waals surface area contributed by atoms with Crippen molar-refractivity contribution in [3.63, 3.8) is 0 Å². The molecule has 0 aliphatic rings. The van der Waals surface area contributed by atoms with Crippen molar-refractivity contribution in [2.45, 2.75) is 20.1 Å². The molecule has 1 aromatic heterocycles. The fourth-order valence-electron chi connectivity index (χ4n) is 0.792. The molecule has 0 bridgehead atoms. The predicted octanol–water partition coefficient (Wildman–Crippen LogP) is -0.0700. The molecule has 6 heteroatoms. The van der Waals surface area contributed by atoms with Gasteiger partial charge in [-0.2, -0.15) is 0 Å². The maximum atomic E-state index is 10.5. The molecule has 1 aromatic rings. The van der Waals surface area contributed by atoms with Crippen molar-refractivity contribution in [1.29, 1.82) is 0 Å². The molecule has 0 spiro atoms. The summed E-state index contributed by atoms with van der Waals surface area (Å²) in [5.74, 6) is 4.51. The summed E-state index contributed by atoms with van der Waals surface area (Å²) in [5, 5.41) is 0. The van der Waals surface area contributed by atoms with Crippen molar-refractivity contribution >= 4 is 5.97 Å². The first-order chi connectivity index (χ1) is 6.72. The average molecular weight is 197 g/mol. The van der Waals surface area contributed by atoms with E-state index in [0.717, 1.165) is 0 Å². The minimum Gasteiger partial charge on any atom is -0.459 e. The molecule has 0 unspecified atom stereocenters. The Morgan fingerprint density at radius 1 is 1.36 bits per heavy atom. The number of carbonyl (C=O) groups excluding carboxylic acids is 1. The number of carbonyl (C=O) groups is 1. The standard InChI is InChI=1S/C8H11N3O3/c1-6(12)13-4-7-2-11-8(3-10-7)5-14-9/h2-3H,4-5,9H2,1H3. The van der Waals surface area contributed by atoms with E-state index in [-0.39, 0.29) is 19.2 Å². The maximum Gasteiger partial charge on any atom is 0.303 e. The zero-order chi connectivity index (χ0) is 10.4. The van der Waals surface area contributed by atoms with Gasteiger partial charge in [-0.05, 0) is 0 Å². The number of aromatic nitrogens is 2. The van der Waals surface area contributed by atoms with Gasteiger partial charge < -0.3 is 4.74 Å². The van der Waals surface area contributed by atoms with Crippen LogP contribution in [0.1, 0.15) is 18.3 Å². The van der Waals surface area contributed by atoms with Crippen molar-refractivity contribution in [3.05, 3.63) is 23.8 Å². The highest BCUT2D eigenvalue weighted by molar-refractivity contribution is 5.65. The van der Waals surface area contributed by atoms with Crippen molar-refractivity contribution in [3.8, 4) is 0 Å². The molecular formula is C8H11N3O3. The van der Waals surface area contributed by atoms with Crippen LogP contribution in [0.4, 0.5) is 0 Å². The quantitative estimate of drug-likeness (QED) is 0.537. The molecule has 0 saturated heterocycles. The van der Waals surface area contributed by atoms with Gasteiger partial charge in [-0.3, -0.25) is 19.6 Å². The lowest BCUT2D eigenvalue weighted by Crippen LogP contribution is -2.04. The second kappa shape index (κ2) is 5.25. The largest absolute Gasteiger partial charge is 0.459 e. The number of nitrogens with two attached hydrogens (primary N) is 1. The van der Waals surface area contributed by atoms with E-state index >= 15 is 0 Å². The number of nitrogens with zero attached hydrogens (tertiary/aromatic N) is 2. The van der Waals surface area contributed by atoms with Gasteiger partial charge in [-0.1, -0.05) is 0 Å². The summed E-state index contributed by atoms with van der Waals surface area (Å²) in [7, 11) is 0. The van der Waals surface area contributed by atoms with Crippen molar-refractivity contribution in [2.24, 2.45) is 5.90 Å². The van der Waals surface area contributed by atoms with Crippen LogP contribution in [0.5, 0.6) is 0 Å². The smallest absolute Gasteiger partial charge is 0.303 e.